The molecule has 4 rings (SSSR count). The highest BCUT2D eigenvalue weighted by atomic mass is 35.6. The molecule has 2 aromatic heterocycles. The van der Waals surface area contributed by atoms with Gasteiger partial charge in [-0.1, -0.05) is 79.8 Å². The molecular formula is C42H58Cl3N9O10S. The number of carbonyl (C=O) groups excluding carboxylic acids is 5. The van der Waals surface area contributed by atoms with Crippen LogP contribution in [0.2, 0.25) is 0 Å². The highest BCUT2D eigenvalue weighted by molar-refractivity contribution is 7.13. The first-order valence-electron chi connectivity index (χ1n) is 21.0. The van der Waals surface area contributed by atoms with Gasteiger partial charge in [0.05, 0.1) is 68.4 Å². The summed E-state index contributed by atoms with van der Waals surface area (Å²) in [7, 11) is 0. The minimum atomic E-state index is -1.93. The Balaban J connectivity index is 1.03. The number of thiazole rings is 1. The molecule has 1 saturated heterocycles. The van der Waals surface area contributed by atoms with Crippen LogP contribution < -0.4 is 26.6 Å². The Kier molecular flexibility index (Phi) is 21.8. The molecule has 23 heteroatoms. The SMILES string of the molecule is Cc1ncsc1-c1ccc(CNC(=O)[C@@H]2C[C@@H](O)CN2C(=O)[C@@H](NC(=O)CCOCCOCCOCCC(=O)NCCCOC(=O)NC(Nc2ncccn2)C(Cl)(Cl)Cl)C(C)(C)C)cc1. The molecule has 0 radical (unpaired) electrons. The maximum Gasteiger partial charge on any atom is 0.408 e. The Bertz CT molecular complexity index is 1970. The molecule has 65 heavy (non-hydrogen) atoms. The van der Waals surface area contributed by atoms with Crippen LogP contribution in [-0.2, 0) is 44.7 Å². The van der Waals surface area contributed by atoms with E-state index in [-0.39, 0.29) is 103 Å². The second-order valence-corrected chi connectivity index (χ2v) is 19.2. The van der Waals surface area contributed by atoms with E-state index in [0.29, 0.717) is 6.42 Å². The molecule has 0 saturated carbocycles. The standard InChI is InChI=1S/C42H58Cl3N9O10S/c1-27-34(65-26-50-27)29-9-7-28(8-10-29)24-49-36(58)31-23-30(55)25-54(31)37(59)35(41(2,3)4)51-33(57)12-18-62-20-22-63-21-19-61-17-11-32(56)46-15-6-16-64-40(60)53-38(42(43,44)45)52-39-47-13-5-14-48-39/h5,7-10,13-14,26,30-31,35,38,55H,6,11-12,15-25H2,1-4H3,(H,46,56)(H,49,58)(H,51,57)(H,53,60)(H,47,48,52)/t30-,31+,35-,38?/m1/s1. The second-order valence-electron chi connectivity index (χ2n) is 16.0. The number of likely N-dealkylation sites (tertiary alicyclic amines) is 1. The lowest BCUT2D eigenvalue weighted by Crippen LogP contribution is -2.57. The molecule has 1 aliphatic heterocycles. The number of rotatable bonds is 25. The molecule has 1 unspecified atom stereocenters. The summed E-state index contributed by atoms with van der Waals surface area (Å²) >= 11 is 19.4. The molecule has 3 heterocycles. The van der Waals surface area contributed by atoms with Crippen LogP contribution in [0, 0.1) is 12.3 Å². The van der Waals surface area contributed by atoms with Crippen molar-refractivity contribution in [2.45, 2.75) is 88.1 Å². The van der Waals surface area contributed by atoms with Crippen LogP contribution in [0.15, 0.2) is 48.2 Å². The third-order valence-electron chi connectivity index (χ3n) is 9.71. The Hall–Kier alpha value is -4.41. The van der Waals surface area contributed by atoms with Gasteiger partial charge in [-0.2, -0.15) is 0 Å². The smallest absolute Gasteiger partial charge is 0.408 e. The van der Waals surface area contributed by atoms with Crippen LogP contribution in [0.3, 0.4) is 0 Å². The number of β-amino-alcohol motifs (C(OH)–C–C–N with tert-alkyl or cyclic N) is 1. The lowest BCUT2D eigenvalue weighted by atomic mass is 9.85. The van der Waals surface area contributed by atoms with Gasteiger partial charge in [-0.15, -0.1) is 11.3 Å². The maximum absolute atomic E-state index is 13.9. The van der Waals surface area contributed by atoms with Gasteiger partial charge in [0.1, 0.15) is 12.1 Å². The number of hydrogen-bond acceptors (Lipinski definition) is 15. The summed E-state index contributed by atoms with van der Waals surface area (Å²) in [4.78, 5) is 79.2. The van der Waals surface area contributed by atoms with Crippen LogP contribution in [0.4, 0.5) is 10.7 Å². The third-order valence-corrected chi connectivity index (χ3v) is 11.3. The molecular weight excluding hydrogens is 929 g/mol. The van der Waals surface area contributed by atoms with Crippen LogP contribution in [0.25, 0.3) is 10.4 Å². The lowest BCUT2D eigenvalue weighted by Gasteiger charge is -2.35. The number of anilines is 1. The van der Waals surface area contributed by atoms with Gasteiger partial charge in [-0.05, 0) is 36.0 Å². The Labute approximate surface area is 397 Å². The third kappa shape index (κ3) is 18.8. The number of halogens is 3. The van der Waals surface area contributed by atoms with Crippen LogP contribution in [0.5, 0.6) is 0 Å². The molecule has 0 bridgehead atoms. The van der Waals surface area contributed by atoms with Gasteiger partial charge in [0, 0.05) is 51.3 Å². The Morgan fingerprint density at radius 1 is 0.862 bits per heavy atom. The molecule has 4 atom stereocenters. The van der Waals surface area contributed by atoms with Gasteiger partial charge in [0.15, 0.2) is 6.17 Å². The normalized spacial score (nSPS) is 16.0. The number of ether oxygens (including phenoxy) is 4. The summed E-state index contributed by atoms with van der Waals surface area (Å²) in [5.41, 5.74) is 3.98. The van der Waals surface area contributed by atoms with Crippen molar-refractivity contribution in [1.29, 1.82) is 0 Å². The first-order chi connectivity index (χ1) is 30.9. The summed E-state index contributed by atoms with van der Waals surface area (Å²) in [5, 5.41) is 24.0. The van der Waals surface area contributed by atoms with E-state index in [4.69, 9.17) is 53.8 Å². The fourth-order valence-electron chi connectivity index (χ4n) is 6.30. The van der Waals surface area contributed by atoms with Crippen molar-refractivity contribution in [3.63, 3.8) is 0 Å². The van der Waals surface area contributed by atoms with E-state index in [2.05, 4.69) is 41.5 Å². The zero-order valence-electron chi connectivity index (χ0n) is 36.8. The van der Waals surface area contributed by atoms with Gasteiger partial charge in [-0.3, -0.25) is 24.5 Å². The number of aliphatic hydroxyl groups is 1. The van der Waals surface area contributed by atoms with Crippen LogP contribution in [-0.4, -0.2) is 142 Å². The monoisotopic (exact) mass is 985 g/mol. The van der Waals surface area contributed by atoms with E-state index in [1.54, 1.807) is 22.9 Å². The highest BCUT2D eigenvalue weighted by Crippen LogP contribution is 2.31. The number of aliphatic hydroxyl groups excluding tert-OH is 1. The van der Waals surface area contributed by atoms with Gasteiger partial charge in [-0.25, -0.2) is 19.7 Å². The summed E-state index contributed by atoms with van der Waals surface area (Å²) in [6.07, 6.45) is 0.568. The van der Waals surface area contributed by atoms with Gasteiger partial charge < -0.3 is 50.2 Å². The minimum absolute atomic E-state index is 0.00832. The molecule has 6 N–H and O–H groups in total. The molecule has 1 aliphatic rings. The number of benzene rings is 1. The predicted molar refractivity (Wildman–Crippen MR) is 245 cm³/mol. The average Bonchev–Trinajstić information content (AvgIpc) is 3.88. The number of amides is 5. The summed E-state index contributed by atoms with van der Waals surface area (Å²) < 4.78 is 19.7. The van der Waals surface area contributed by atoms with Gasteiger partial charge in [0.2, 0.25) is 33.4 Å². The fourth-order valence-corrected chi connectivity index (χ4v) is 7.44. The molecule has 3 aromatic rings. The van der Waals surface area contributed by atoms with Crippen molar-refractivity contribution in [2.75, 3.05) is 64.7 Å². The number of alkyl carbamates (subject to hydrolysis) is 1. The lowest BCUT2D eigenvalue weighted by molar-refractivity contribution is -0.144. The zero-order valence-corrected chi connectivity index (χ0v) is 39.9. The molecule has 1 aromatic carbocycles. The quantitative estimate of drug-likeness (QED) is 0.0401. The van der Waals surface area contributed by atoms with Crippen LogP contribution >= 0.6 is 46.1 Å². The number of hydrogen-bond donors (Lipinski definition) is 6. The number of nitrogens with zero attached hydrogens (tertiary/aromatic N) is 4. The fraction of sp³-hybridized carbons (Fsp3) is 0.571. The van der Waals surface area contributed by atoms with Crippen molar-refractivity contribution in [3.8, 4) is 10.4 Å². The summed E-state index contributed by atoms with van der Waals surface area (Å²) in [5.74, 6) is -1.34. The molecule has 5 amide bonds. The van der Waals surface area contributed by atoms with Crippen molar-refractivity contribution < 1.29 is 48.0 Å². The van der Waals surface area contributed by atoms with E-state index < -0.39 is 51.5 Å². The van der Waals surface area contributed by atoms with E-state index in [9.17, 15) is 29.1 Å². The van der Waals surface area contributed by atoms with Crippen molar-refractivity contribution in [3.05, 3.63) is 59.5 Å². The van der Waals surface area contributed by atoms with Crippen molar-refractivity contribution in [2.24, 2.45) is 5.41 Å². The second kappa shape index (κ2) is 26.7. The molecule has 19 nitrogen and oxygen atoms in total. The highest BCUT2D eigenvalue weighted by Gasteiger charge is 2.44. The largest absolute Gasteiger partial charge is 0.449 e. The number of carbonyl (C=O) groups is 5. The number of nitrogens with one attached hydrogen (secondary N) is 5. The molecule has 1 fully saturated rings. The van der Waals surface area contributed by atoms with Crippen molar-refractivity contribution in [1.82, 2.24) is 41.1 Å². The Morgan fingerprint density at radius 2 is 1.49 bits per heavy atom. The first kappa shape index (κ1) is 53.2. The van der Waals surface area contributed by atoms with E-state index in [1.807, 2.05) is 52.0 Å². The zero-order chi connectivity index (χ0) is 47.4. The van der Waals surface area contributed by atoms with Crippen LogP contribution in [0.1, 0.15) is 57.7 Å². The van der Waals surface area contributed by atoms with E-state index in [0.717, 1.165) is 21.7 Å². The topological polar surface area (TPSA) is 245 Å². The molecule has 0 spiro atoms. The summed E-state index contributed by atoms with van der Waals surface area (Å²) in [6.45, 7) is 9.12. The van der Waals surface area contributed by atoms with E-state index >= 15 is 0 Å². The van der Waals surface area contributed by atoms with Crippen molar-refractivity contribution >= 4 is 81.8 Å². The number of aromatic nitrogens is 3. The number of aryl methyl sites for hydroxylation is 1. The average molecular weight is 987 g/mol. The minimum Gasteiger partial charge on any atom is -0.449 e. The van der Waals surface area contributed by atoms with E-state index in [1.165, 1.54) is 17.3 Å². The number of alkyl halides is 3. The first-order valence-corrected chi connectivity index (χ1v) is 23.0. The van der Waals surface area contributed by atoms with Gasteiger partial charge >= 0.3 is 6.09 Å². The summed E-state index contributed by atoms with van der Waals surface area (Å²) in [6, 6.07) is 7.57. The predicted octanol–water partition coefficient (Wildman–Crippen LogP) is 3.89. The Morgan fingerprint density at radius 3 is 2.09 bits per heavy atom. The molecule has 0 aliphatic carbocycles. The molecule has 358 valence electrons. The van der Waals surface area contributed by atoms with Gasteiger partial charge in [0.25, 0.3) is 0 Å². The maximum atomic E-state index is 13.9.